The normalized spacial score (nSPS) is 13.2. The molecule has 1 aromatic heterocycles. The predicted octanol–water partition coefficient (Wildman–Crippen LogP) is 6.03. The molecular formula is C27H25Cl2FN4O3. The fraction of sp³-hybridized carbons (Fsp3) is 0.259. The molecule has 3 aromatic rings. The number of Topliss-reactive ketones (excluding diaryl/α,β-unsaturated/α-hetero) is 1. The van der Waals surface area contributed by atoms with Crippen LogP contribution in [-0.4, -0.2) is 47.6 Å². The Kier molecular flexibility index (Phi) is 8.41. The molecule has 1 aliphatic heterocycles. The van der Waals surface area contributed by atoms with Gasteiger partial charge in [0.15, 0.2) is 5.78 Å². The zero-order chi connectivity index (χ0) is 26.5. The van der Waals surface area contributed by atoms with Crippen LogP contribution >= 0.6 is 23.2 Å². The van der Waals surface area contributed by atoms with Crippen molar-refractivity contribution in [2.45, 2.75) is 25.7 Å². The molecule has 1 saturated heterocycles. The minimum absolute atomic E-state index is 0.0957. The van der Waals surface area contributed by atoms with Crippen molar-refractivity contribution >= 4 is 46.5 Å². The molecule has 1 fully saturated rings. The van der Waals surface area contributed by atoms with Gasteiger partial charge < -0.3 is 15.0 Å². The molecule has 0 unspecified atom stereocenters. The van der Waals surface area contributed by atoms with Crippen LogP contribution in [0.25, 0.3) is 0 Å². The number of hydrogen-bond acceptors (Lipinski definition) is 5. The number of hydrogen-bond donors (Lipinski definition) is 2. The summed E-state index contributed by atoms with van der Waals surface area (Å²) in [5, 5.41) is 11.7. The van der Waals surface area contributed by atoms with Crippen molar-refractivity contribution in [2.24, 2.45) is 0 Å². The average molecular weight is 543 g/mol. The quantitative estimate of drug-likeness (QED) is 0.216. The topological polar surface area (TPSA) is 95.4 Å². The van der Waals surface area contributed by atoms with Crippen molar-refractivity contribution in [1.82, 2.24) is 9.88 Å². The van der Waals surface area contributed by atoms with E-state index in [0.717, 1.165) is 32.4 Å². The number of halogens is 3. The summed E-state index contributed by atoms with van der Waals surface area (Å²) in [7, 11) is 1.39. The monoisotopic (exact) mass is 542 g/mol. The average Bonchev–Trinajstić information content (AvgIpc) is 2.90. The summed E-state index contributed by atoms with van der Waals surface area (Å²) in [5.74, 6) is -1.13. The first-order chi connectivity index (χ1) is 17.8. The van der Waals surface area contributed by atoms with Crippen LogP contribution in [0.3, 0.4) is 0 Å². The van der Waals surface area contributed by atoms with Crippen LogP contribution in [0.2, 0.25) is 10.0 Å². The van der Waals surface area contributed by atoms with Gasteiger partial charge in [-0.2, -0.15) is 0 Å². The predicted molar refractivity (Wildman–Crippen MR) is 142 cm³/mol. The summed E-state index contributed by atoms with van der Waals surface area (Å²) < 4.78 is 20.5. The number of methoxy groups -OCH3 is 1. The summed E-state index contributed by atoms with van der Waals surface area (Å²) in [6.45, 7) is 1.52. The smallest absolute Gasteiger partial charge is 0.257 e. The number of amides is 1. The fourth-order valence-corrected chi connectivity index (χ4v) is 4.58. The van der Waals surface area contributed by atoms with Gasteiger partial charge in [-0.1, -0.05) is 29.3 Å². The summed E-state index contributed by atoms with van der Waals surface area (Å²) in [5.41, 5.74) is 0.625. The summed E-state index contributed by atoms with van der Waals surface area (Å²) in [6, 6.07) is 10.2. The number of amidine groups is 1. The Balaban J connectivity index is 1.59. The highest BCUT2D eigenvalue weighted by Gasteiger charge is 2.23. The number of nitrogens with one attached hydrogen (secondary N) is 2. The van der Waals surface area contributed by atoms with Gasteiger partial charge in [0.25, 0.3) is 5.91 Å². The van der Waals surface area contributed by atoms with E-state index in [1.807, 2.05) is 4.90 Å². The number of pyridine rings is 1. The van der Waals surface area contributed by atoms with Gasteiger partial charge in [0.2, 0.25) is 0 Å². The van der Waals surface area contributed by atoms with E-state index in [1.165, 1.54) is 43.6 Å². The van der Waals surface area contributed by atoms with Crippen molar-refractivity contribution in [2.75, 3.05) is 25.5 Å². The van der Waals surface area contributed by atoms with Gasteiger partial charge in [0.1, 0.15) is 23.2 Å². The third-order valence-electron chi connectivity index (χ3n) is 6.16. The molecule has 1 aliphatic rings. The maximum absolute atomic E-state index is 15.1. The zero-order valence-corrected chi connectivity index (χ0v) is 21.6. The van der Waals surface area contributed by atoms with Crippen molar-refractivity contribution in [1.29, 1.82) is 5.41 Å². The molecule has 0 radical (unpaired) electrons. The number of anilines is 1. The highest BCUT2D eigenvalue weighted by atomic mass is 35.5. The van der Waals surface area contributed by atoms with Crippen LogP contribution in [0.15, 0.2) is 48.7 Å². The fourth-order valence-electron chi connectivity index (χ4n) is 4.26. The van der Waals surface area contributed by atoms with E-state index >= 15 is 4.39 Å². The number of carbonyl (C=O) groups is 2. The molecule has 1 amide bonds. The largest absolute Gasteiger partial charge is 0.496 e. The lowest BCUT2D eigenvalue weighted by atomic mass is 9.96. The lowest BCUT2D eigenvalue weighted by Gasteiger charge is -2.29. The molecular weight excluding hydrogens is 518 g/mol. The first-order valence-electron chi connectivity index (χ1n) is 11.7. The van der Waals surface area contributed by atoms with Crippen molar-refractivity contribution in [3.05, 3.63) is 86.8 Å². The van der Waals surface area contributed by atoms with Crippen molar-refractivity contribution < 1.29 is 18.7 Å². The van der Waals surface area contributed by atoms with Crippen LogP contribution in [0, 0.1) is 11.2 Å². The van der Waals surface area contributed by atoms with E-state index < -0.39 is 17.5 Å². The van der Waals surface area contributed by atoms with Gasteiger partial charge in [-0.15, -0.1) is 0 Å². The summed E-state index contributed by atoms with van der Waals surface area (Å²) in [6.07, 6.45) is 4.19. The Morgan fingerprint density at radius 3 is 2.46 bits per heavy atom. The van der Waals surface area contributed by atoms with Gasteiger partial charge in [-0.25, -0.2) is 9.37 Å². The summed E-state index contributed by atoms with van der Waals surface area (Å²) >= 11 is 12.1. The number of nitrogens with zero attached hydrogens (tertiary/aromatic N) is 2. The Bertz CT molecular complexity index is 1340. The highest BCUT2D eigenvalue weighted by molar-refractivity contribution is 6.31. The minimum atomic E-state index is -0.728. The molecule has 0 bridgehead atoms. The van der Waals surface area contributed by atoms with Crippen LogP contribution in [0.5, 0.6) is 5.75 Å². The lowest BCUT2D eigenvalue weighted by molar-refractivity contribution is 0.0987. The SMILES string of the molecule is COc1cc(Cl)cc(C(=O)Nc2ccc(Cl)cn2)c1CC(=O)c1ccc(C(=N)N2CCCCC2)cc1F. The Labute approximate surface area is 224 Å². The molecule has 4 rings (SSSR count). The first-order valence-corrected chi connectivity index (χ1v) is 12.5. The lowest BCUT2D eigenvalue weighted by Crippen LogP contribution is -2.35. The molecule has 0 aliphatic carbocycles. The van der Waals surface area contributed by atoms with E-state index in [9.17, 15) is 9.59 Å². The highest BCUT2D eigenvalue weighted by Crippen LogP contribution is 2.30. The number of aromatic nitrogens is 1. The zero-order valence-electron chi connectivity index (χ0n) is 20.1. The molecule has 0 spiro atoms. The van der Waals surface area contributed by atoms with Crippen LogP contribution in [-0.2, 0) is 6.42 Å². The number of piperidine rings is 1. The first kappa shape index (κ1) is 26.6. The Hall–Kier alpha value is -3.49. The second-order valence-corrected chi connectivity index (χ2v) is 9.51. The molecule has 2 N–H and O–H groups in total. The Morgan fingerprint density at radius 1 is 1.05 bits per heavy atom. The third-order valence-corrected chi connectivity index (χ3v) is 6.60. The maximum Gasteiger partial charge on any atom is 0.257 e. The van der Waals surface area contributed by atoms with Gasteiger partial charge in [-0.05, 0) is 55.7 Å². The third kappa shape index (κ3) is 6.26. The second-order valence-electron chi connectivity index (χ2n) is 8.64. The van der Waals surface area contributed by atoms with Crippen LogP contribution < -0.4 is 10.1 Å². The van der Waals surface area contributed by atoms with Crippen molar-refractivity contribution in [3.63, 3.8) is 0 Å². The Morgan fingerprint density at radius 2 is 1.81 bits per heavy atom. The number of carbonyl (C=O) groups excluding carboxylic acids is 2. The van der Waals surface area contributed by atoms with Gasteiger partial charge >= 0.3 is 0 Å². The van der Waals surface area contributed by atoms with Gasteiger partial charge in [-0.3, -0.25) is 15.0 Å². The van der Waals surface area contributed by atoms with Crippen LogP contribution in [0.1, 0.15) is 51.1 Å². The minimum Gasteiger partial charge on any atom is -0.496 e. The maximum atomic E-state index is 15.1. The number of ketones is 1. The molecule has 2 aromatic carbocycles. The number of rotatable bonds is 7. The number of likely N-dealkylation sites (tertiary alicyclic amines) is 1. The second kappa shape index (κ2) is 11.7. The van der Waals surface area contributed by atoms with E-state index in [4.69, 9.17) is 33.3 Å². The standard InChI is InChI=1S/C27H25Cl2FN4O3/c1-37-24-13-18(29)12-21(27(36)33-25-8-6-17(28)15-32-25)20(24)14-23(35)19-7-5-16(11-22(19)30)26(31)34-9-3-2-4-10-34/h5-8,11-13,15,31H,2-4,9-10,14H2,1H3,(H,32,33,36). The van der Waals surface area contributed by atoms with E-state index in [2.05, 4.69) is 10.3 Å². The van der Waals surface area contributed by atoms with E-state index in [1.54, 1.807) is 12.1 Å². The number of benzene rings is 2. The van der Waals surface area contributed by atoms with Crippen molar-refractivity contribution in [3.8, 4) is 5.75 Å². The van der Waals surface area contributed by atoms with Gasteiger partial charge in [0.05, 0.1) is 17.7 Å². The van der Waals surface area contributed by atoms with E-state index in [0.29, 0.717) is 10.6 Å². The molecule has 10 heteroatoms. The summed E-state index contributed by atoms with van der Waals surface area (Å²) in [4.78, 5) is 32.2. The van der Waals surface area contributed by atoms with Gasteiger partial charge in [0, 0.05) is 47.4 Å². The molecule has 0 saturated carbocycles. The number of ether oxygens (including phenoxy) is 1. The molecule has 7 nitrogen and oxygen atoms in total. The van der Waals surface area contributed by atoms with Crippen LogP contribution in [0.4, 0.5) is 10.2 Å². The molecule has 2 heterocycles. The molecule has 192 valence electrons. The molecule has 0 atom stereocenters. The van der Waals surface area contributed by atoms with E-state index in [-0.39, 0.29) is 45.5 Å². The molecule has 37 heavy (non-hydrogen) atoms.